The lowest BCUT2D eigenvalue weighted by Crippen LogP contribution is -2.52. The van der Waals surface area contributed by atoms with Crippen LogP contribution in [0.15, 0.2) is 29.2 Å². The van der Waals surface area contributed by atoms with E-state index in [2.05, 4.69) is 10.0 Å². The summed E-state index contributed by atoms with van der Waals surface area (Å²) in [5.74, 6) is -0.603. The molecule has 2 N–H and O–H groups in total. The topological polar surface area (TPSA) is 84.5 Å². The number of halogens is 1. The Bertz CT molecular complexity index is 617. The molecule has 1 rings (SSSR count). The summed E-state index contributed by atoms with van der Waals surface area (Å²) in [6, 6.07) is 4.67. The fourth-order valence-electron chi connectivity index (χ4n) is 1.97. The van der Waals surface area contributed by atoms with Gasteiger partial charge in [0.25, 0.3) is 0 Å². The summed E-state index contributed by atoms with van der Waals surface area (Å²) in [4.78, 5) is 12.4. The third-order valence-electron chi connectivity index (χ3n) is 3.16. The highest BCUT2D eigenvalue weighted by Gasteiger charge is 2.29. The molecule has 2 atom stereocenters. The molecule has 0 spiro atoms. The zero-order chi connectivity index (χ0) is 17.6. The number of carbonyl (C=O) groups is 1. The molecule has 0 aliphatic carbocycles. The third-order valence-corrected chi connectivity index (χ3v) is 4.87. The van der Waals surface area contributed by atoms with Gasteiger partial charge in [-0.1, -0.05) is 25.4 Å². The van der Waals surface area contributed by atoms with E-state index in [0.717, 1.165) is 0 Å². The average molecular weight is 363 g/mol. The minimum absolute atomic E-state index is 0.0605. The maximum Gasteiger partial charge on any atom is 0.241 e. The van der Waals surface area contributed by atoms with E-state index in [1.165, 1.54) is 31.4 Å². The van der Waals surface area contributed by atoms with Crippen molar-refractivity contribution in [2.24, 2.45) is 5.92 Å². The molecule has 1 aromatic rings. The number of rotatable bonds is 8. The first-order chi connectivity index (χ1) is 10.7. The number of hydrogen-bond donors (Lipinski definition) is 2. The number of hydrogen-bond acceptors (Lipinski definition) is 4. The second kappa shape index (κ2) is 8.63. The highest BCUT2D eigenvalue weighted by Crippen LogP contribution is 2.15. The van der Waals surface area contributed by atoms with Crippen LogP contribution in [0.5, 0.6) is 0 Å². The lowest BCUT2D eigenvalue weighted by atomic mass is 10.0. The Morgan fingerprint density at radius 3 is 2.26 bits per heavy atom. The summed E-state index contributed by atoms with van der Waals surface area (Å²) in [5, 5.41) is 3.17. The van der Waals surface area contributed by atoms with E-state index >= 15 is 0 Å². The number of benzene rings is 1. The van der Waals surface area contributed by atoms with Gasteiger partial charge in [0.1, 0.15) is 6.04 Å². The molecule has 1 unspecified atom stereocenters. The summed E-state index contributed by atoms with van der Waals surface area (Å²) >= 11 is 5.76. The van der Waals surface area contributed by atoms with Crippen molar-refractivity contribution in [3.63, 3.8) is 0 Å². The van der Waals surface area contributed by atoms with E-state index in [0.29, 0.717) is 11.6 Å². The van der Waals surface area contributed by atoms with Gasteiger partial charge in [0, 0.05) is 18.2 Å². The number of nitrogens with one attached hydrogen (secondary N) is 2. The van der Waals surface area contributed by atoms with Gasteiger partial charge in [-0.05, 0) is 37.1 Å². The summed E-state index contributed by atoms with van der Waals surface area (Å²) < 4.78 is 32.2. The monoisotopic (exact) mass is 362 g/mol. The number of sulfonamides is 1. The second-order valence-electron chi connectivity index (χ2n) is 5.66. The largest absolute Gasteiger partial charge is 0.383 e. The molecule has 0 aliphatic heterocycles. The van der Waals surface area contributed by atoms with E-state index in [9.17, 15) is 13.2 Å². The van der Waals surface area contributed by atoms with Crippen LogP contribution in [0.3, 0.4) is 0 Å². The molecule has 0 radical (unpaired) electrons. The van der Waals surface area contributed by atoms with E-state index in [1.807, 2.05) is 0 Å². The Morgan fingerprint density at radius 1 is 1.22 bits per heavy atom. The molecule has 8 heteroatoms. The molecule has 0 aliphatic rings. The fraction of sp³-hybridized carbons (Fsp3) is 0.533. The molecule has 0 fully saturated rings. The number of carbonyl (C=O) groups excluding carboxylic acids is 1. The highest BCUT2D eigenvalue weighted by molar-refractivity contribution is 7.89. The van der Waals surface area contributed by atoms with Gasteiger partial charge in [-0.25, -0.2) is 8.42 Å². The Kier molecular flexibility index (Phi) is 7.47. The van der Waals surface area contributed by atoms with Gasteiger partial charge in [0.2, 0.25) is 15.9 Å². The Hall–Kier alpha value is -1.15. The minimum atomic E-state index is -3.82. The van der Waals surface area contributed by atoms with E-state index in [-0.39, 0.29) is 22.8 Å². The highest BCUT2D eigenvalue weighted by atomic mass is 35.5. The first-order valence-electron chi connectivity index (χ1n) is 7.24. The van der Waals surface area contributed by atoms with Crippen LogP contribution >= 0.6 is 11.6 Å². The van der Waals surface area contributed by atoms with Crippen LogP contribution in [0.2, 0.25) is 5.02 Å². The molecular formula is C15H23ClN2O4S. The molecule has 0 aromatic heterocycles. The van der Waals surface area contributed by atoms with Crippen LogP contribution in [0, 0.1) is 5.92 Å². The normalized spacial score (nSPS) is 14.5. The van der Waals surface area contributed by atoms with Gasteiger partial charge < -0.3 is 10.1 Å². The molecule has 130 valence electrons. The van der Waals surface area contributed by atoms with Gasteiger partial charge in [-0.3, -0.25) is 4.79 Å². The van der Waals surface area contributed by atoms with Crippen molar-refractivity contribution in [3.05, 3.63) is 29.3 Å². The van der Waals surface area contributed by atoms with Crippen LogP contribution < -0.4 is 10.0 Å². The van der Waals surface area contributed by atoms with E-state index in [4.69, 9.17) is 16.3 Å². The molecule has 23 heavy (non-hydrogen) atoms. The zero-order valence-corrected chi connectivity index (χ0v) is 15.2. The van der Waals surface area contributed by atoms with Gasteiger partial charge >= 0.3 is 0 Å². The van der Waals surface area contributed by atoms with Crippen molar-refractivity contribution in [2.45, 2.75) is 37.8 Å². The van der Waals surface area contributed by atoms with Crippen LogP contribution in [0.25, 0.3) is 0 Å². The smallest absolute Gasteiger partial charge is 0.241 e. The summed E-state index contributed by atoms with van der Waals surface area (Å²) in [6.07, 6.45) is 0. The maximum absolute atomic E-state index is 12.4. The molecule has 0 saturated carbocycles. The standard InChI is InChI=1S/C15H23ClN2O4S/c1-10(2)14(15(19)17-11(3)9-22-4)18-23(20,21)13-7-5-12(16)6-8-13/h5-8,10-11,14,18H,9H2,1-4H3,(H,17,19)/t11?,14-/m0/s1. The third kappa shape index (κ3) is 6.10. The van der Waals surface area contributed by atoms with Crippen molar-refractivity contribution < 1.29 is 17.9 Å². The SMILES string of the molecule is COCC(C)NC(=O)[C@@H](NS(=O)(=O)c1ccc(Cl)cc1)C(C)C. The van der Waals surface area contributed by atoms with Crippen molar-refractivity contribution in [3.8, 4) is 0 Å². The molecule has 0 saturated heterocycles. The van der Waals surface area contributed by atoms with Gasteiger partial charge in [-0.15, -0.1) is 0 Å². The minimum Gasteiger partial charge on any atom is -0.383 e. The Labute approximate surface area is 142 Å². The lowest BCUT2D eigenvalue weighted by molar-refractivity contribution is -0.124. The summed E-state index contributed by atoms with van der Waals surface area (Å²) in [5.41, 5.74) is 0. The molecule has 0 heterocycles. The predicted octanol–water partition coefficient (Wildman–Crippen LogP) is 1.79. The molecule has 0 bridgehead atoms. The van der Waals surface area contributed by atoms with Crippen molar-refractivity contribution in [1.29, 1.82) is 0 Å². The lowest BCUT2D eigenvalue weighted by Gasteiger charge is -2.23. The second-order valence-corrected chi connectivity index (χ2v) is 7.81. The fourth-order valence-corrected chi connectivity index (χ4v) is 3.44. The number of amides is 1. The molecular weight excluding hydrogens is 340 g/mol. The summed E-state index contributed by atoms with van der Waals surface area (Å²) in [7, 11) is -2.28. The number of methoxy groups -OCH3 is 1. The quantitative estimate of drug-likeness (QED) is 0.738. The first kappa shape index (κ1) is 19.9. The number of ether oxygens (including phenoxy) is 1. The van der Waals surface area contributed by atoms with Crippen molar-refractivity contribution in [2.75, 3.05) is 13.7 Å². The first-order valence-corrected chi connectivity index (χ1v) is 9.10. The summed E-state index contributed by atoms with van der Waals surface area (Å²) in [6.45, 7) is 5.68. The van der Waals surface area contributed by atoms with Gasteiger partial charge in [0.05, 0.1) is 11.5 Å². The van der Waals surface area contributed by atoms with E-state index in [1.54, 1.807) is 20.8 Å². The van der Waals surface area contributed by atoms with Crippen LogP contribution in [-0.4, -0.2) is 40.1 Å². The predicted molar refractivity (Wildman–Crippen MR) is 89.9 cm³/mol. The molecule has 1 amide bonds. The Morgan fingerprint density at radius 2 is 1.78 bits per heavy atom. The zero-order valence-electron chi connectivity index (χ0n) is 13.7. The van der Waals surface area contributed by atoms with Crippen LogP contribution in [-0.2, 0) is 19.6 Å². The van der Waals surface area contributed by atoms with Crippen molar-refractivity contribution in [1.82, 2.24) is 10.0 Å². The molecule has 6 nitrogen and oxygen atoms in total. The van der Waals surface area contributed by atoms with Gasteiger partial charge in [-0.2, -0.15) is 4.72 Å². The van der Waals surface area contributed by atoms with Crippen LogP contribution in [0.4, 0.5) is 0 Å². The van der Waals surface area contributed by atoms with Gasteiger partial charge in [0.15, 0.2) is 0 Å². The van der Waals surface area contributed by atoms with Crippen molar-refractivity contribution >= 4 is 27.5 Å². The maximum atomic E-state index is 12.4. The van der Waals surface area contributed by atoms with E-state index < -0.39 is 16.1 Å². The average Bonchev–Trinajstić information content (AvgIpc) is 2.45. The van der Waals surface area contributed by atoms with Crippen LogP contribution in [0.1, 0.15) is 20.8 Å². The Balaban J connectivity index is 2.90. The molecule has 1 aromatic carbocycles.